The van der Waals surface area contributed by atoms with Crippen LogP contribution >= 0.6 is 0 Å². The van der Waals surface area contributed by atoms with E-state index in [1.807, 2.05) is 12.1 Å². The van der Waals surface area contributed by atoms with Gasteiger partial charge in [-0.1, -0.05) is 35.9 Å². The summed E-state index contributed by atoms with van der Waals surface area (Å²) in [5, 5.41) is 3.58. The van der Waals surface area contributed by atoms with Gasteiger partial charge in [0.2, 0.25) is 0 Å². The van der Waals surface area contributed by atoms with E-state index in [1.165, 1.54) is 16.8 Å². The number of nitrogens with one attached hydrogen (secondary N) is 1. The van der Waals surface area contributed by atoms with Crippen molar-refractivity contribution in [3.05, 3.63) is 59.7 Å². The van der Waals surface area contributed by atoms with Crippen molar-refractivity contribution in [2.45, 2.75) is 19.4 Å². The molecular weight excluding hydrogens is 222 g/mol. The largest absolute Gasteiger partial charge is 0.493 e. The van der Waals surface area contributed by atoms with E-state index in [9.17, 15) is 0 Å². The lowest BCUT2D eigenvalue weighted by molar-refractivity contribution is 0.274. The van der Waals surface area contributed by atoms with Gasteiger partial charge in [-0.15, -0.1) is 0 Å². The van der Waals surface area contributed by atoms with Gasteiger partial charge in [-0.3, -0.25) is 0 Å². The van der Waals surface area contributed by atoms with Crippen LogP contribution < -0.4 is 10.1 Å². The van der Waals surface area contributed by atoms with Crippen molar-refractivity contribution in [3.8, 4) is 5.75 Å². The first-order chi connectivity index (χ1) is 8.83. The normalized spacial score (nSPS) is 17.7. The monoisotopic (exact) mass is 239 g/mol. The third-order valence-corrected chi connectivity index (χ3v) is 3.35. The van der Waals surface area contributed by atoms with Crippen molar-refractivity contribution in [1.82, 2.24) is 0 Å². The Kier molecular flexibility index (Phi) is 2.93. The number of rotatable bonds is 2. The van der Waals surface area contributed by atoms with Crippen molar-refractivity contribution < 1.29 is 4.74 Å². The minimum Gasteiger partial charge on any atom is -0.493 e. The van der Waals surface area contributed by atoms with Crippen LogP contribution in [0, 0.1) is 6.92 Å². The predicted molar refractivity (Wildman–Crippen MR) is 74.1 cm³/mol. The molecule has 0 saturated carbocycles. The summed E-state index contributed by atoms with van der Waals surface area (Å²) < 4.78 is 5.67. The first-order valence-corrected chi connectivity index (χ1v) is 6.38. The summed E-state index contributed by atoms with van der Waals surface area (Å²) in [5.74, 6) is 1.01. The van der Waals surface area contributed by atoms with Crippen molar-refractivity contribution in [2.75, 3.05) is 11.9 Å². The number of aryl methyl sites for hydroxylation is 1. The van der Waals surface area contributed by atoms with Crippen LogP contribution in [0.4, 0.5) is 5.69 Å². The summed E-state index contributed by atoms with van der Waals surface area (Å²) in [5.41, 5.74) is 3.71. The van der Waals surface area contributed by atoms with E-state index in [4.69, 9.17) is 4.74 Å². The Hall–Kier alpha value is -1.96. The maximum atomic E-state index is 5.67. The molecule has 1 heterocycles. The Balaban J connectivity index is 1.84. The second kappa shape index (κ2) is 4.73. The summed E-state index contributed by atoms with van der Waals surface area (Å²) >= 11 is 0. The molecule has 0 amide bonds. The highest BCUT2D eigenvalue weighted by atomic mass is 16.5. The van der Waals surface area contributed by atoms with Gasteiger partial charge in [-0.05, 0) is 25.1 Å². The SMILES string of the molecule is Cc1ccc(N[C@@H]2CCOc3ccccc32)cc1. The fraction of sp³-hybridized carbons (Fsp3) is 0.250. The summed E-state index contributed by atoms with van der Waals surface area (Å²) in [7, 11) is 0. The third kappa shape index (κ3) is 2.19. The van der Waals surface area contributed by atoms with Crippen LogP contribution in [0.15, 0.2) is 48.5 Å². The molecule has 0 spiro atoms. The van der Waals surface area contributed by atoms with Gasteiger partial charge >= 0.3 is 0 Å². The molecule has 18 heavy (non-hydrogen) atoms. The quantitative estimate of drug-likeness (QED) is 0.857. The number of benzene rings is 2. The minimum atomic E-state index is 0.345. The van der Waals surface area contributed by atoms with Gasteiger partial charge in [0.05, 0.1) is 12.6 Å². The second-order valence-electron chi connectivity index (χ2n) is 4.74. The van der Waals surface area contributed by atoms with Crippen LogP contribution in [0.1, 0.15) is 23.6 Å². The smallest absolute Gasteiger partial charge is 0.124 e. The van der Waals surface area contributed by atoms with E-state index in [2.05, 4.69) is 48.6 Å². The van der Waals surface area contributed by atoms with Crippen LogP contribution in [-0.4, -0.2) is 6.61 Å². The minimum absolute atomic E-state index is 0.345. The van der Waals surface area contributed by atoms with Crippen LogP contribution in [-0.2, 0) is 0 Å². The number of fused-ring (bicyclic) bond motifs is 1. The molecule has 1 atom stereocenters. The third-order valence-electron chi connectivity index (χ3n) is 3.35. The van der Waals surface area contributed by atoms with Gasteiger partial charge in [0.1, 0.15) is 5.75 Å². The van der Waals surface area contributed by atoms with Crippen molar-refractivity contribution >= 4 is 5.69 Å². The molecule has 0 saturated heterocycles. The first kappa shape index (κ1) is 11.1. The maximum Gasteiger partial charge on any atom is 0.124 e. The number of anilines is 1. The van der Waals surface area contributed by atoms with E-state index in [1.54, 1.807) is 0 Å². The lowest BCUT2D eigenvalue weighted by Gasteiger charge is -2.27. The highest BCUT2D eigenvalue weighted by Gasteiger charge is 2.20. The molecule has 92 valence electrons. The molecule has 0 aromatic heterocycles. The fourth-order valence-electron chi connectivity index (χ4n) is 2.34. The number of hydrogen-bond acceptors (Lipinski definition) is 2. The Bertz CT molecular complexity index is 533. The first-order valence-electron chi connectivity index (χ1n) is 6.38. The van der Waals surface area contributed by atoms with Crippen molar-refractivity contribution in [1.29, 1.82) is 0 Å². The van der Waals surface area contributed by atoms with Crippen molar-refractivity contribution in [3.63, 3.8) is 0 Å². The van der Waals surface area contributed by atoms with E-state index < -0.39 is 0 Å². The van der Waals surface area contributed by atoms with Gasteiger partial charge in [-0.2, -0.15) is 0 Å². The zero-order valence-corrected chi connectivity index (χ0v) is 10.5. The van der Waals surface area contributed by atoms with Crippen LogP contribution in [0.25, 0.3) is 0 Å². The van der Waals surface area contributed by atoms with Gasteiger partial charge in [-0.25, -0.2) is 0 Å². The molecule has 0 fully saturated rings. The Morgan fingerprint density at radius 2 is 1.83 bits per heavy atom. The molecule has 0 aliphatic carbocycles. The van der Waals surface area contributed by atoms with Gasteiger partial charge in [0.15, 0.2) is 0 Å². The molecule has 0 radical (unpaired) electrons. The molecule has 1 aliphatic rings. The van der Waals surface area contributed by atoms with Crippen LogP contribution in [0.2, 0.25) is 0 Å². The Morgan fingerprint density at radius 3 is 2.67 bits per heavy atom. The average Bonchev–Trinajstić information content (AvgIpc) is 2.42. The highest BCUT2D eigenvalue weighted by molar-refractivity contribution is 5.49. The number of hydrogen-bond donors (Lipinski definition) is 1. The van der Waals surface area contributed by atoms with Gasteiger partial charge in [0, 0.05) is 17.7 Å². The summed E-state index contributed by atoms with van der Waals surface area (Å²) in [6, 6.07) is 17.1. The molecule has 2 heteroatoms. The van der Waals surface area contributed by atoms with E-state index in [0.29, 0.717) is 6.04 Å². The van der Waals surface area contributed by atoms with Gasteiger partial charge < -0.3 is 10.1 Å². The molecule has 3 rings (SSSR count). The Labute approximate surface area is 108 Å². The predicted octanol–water partition coefficient (Wildman–Crippen LogP) is 3.93. The molecule has 1 aliphatic heterocycles. The topological polar surface area (TPSA) is 21.3 Å². The summed E-state index contributed by atoms with van der Waals surface area (Å²) in [6.07, 6.45) is 1.00. The maximum absolute atomic E-state index is 5.67. The summed E-state index contributed by atoms with van der Waals surface area (Å²) in [6.45, 7) is 2.88. The lowest BCUT2D eigenvalue weighted by Crippen LogP contribution is -2.20. The standard InChI is InChI=1S/C16H17NO/c1-12-6-8-13(9-7-12)17-15-10-11-18-16-5-3-2-4-14(15)16/h2-9,15,17H,10-11H2,1H3/t15-/m1/s1. The molecule has 2 aromatic carbocycles. The lowest BCUT2D eigenvalue weighted by atomic mass is 10.0. The van der Waals surface area contributed by atoms with Gasteiger partial charge in [0.25, 0.3) is 0 Å². The summed E-state index contributed by atoms with van der Waals surface area (Å²) in [4.78, 5) is 0. The van der Waals surface area contributed by atoms with Crippen LogP contribution in [0.5, 0.6) is 5.75 Å². The van der Waals surface area contributed by atoms with E-state index >= 15 is 0 Å². The molecule has 0 bridgehead atoms. The van der Waals surface area contributed by atoms with E-state index in [-0.39, 0.29) is 0 Å². The molecular formula is C16H17NO. The van der Waals surface area contributed by atoms with Crippen LogP contribution in [0.3, 0.4) is 0 Å². The zero-order chi connectivity index (χ0) is 12.4. The highest BCUT2D eigenvalue weighted by Crippen LogP contribution is 2.33. The molecule has 0 unspecified atom stereocenters. The molecule has 2 aromatic rings. The van der Waals surface area contributed by atoms with E-state index in [0.717, 1.165) is 18.8 Å². The molecule has 1 N–H and O–H groups in total. The second-order valence-corrected chi connectivity index (χ2v) is 4.74. The number of ether oxygens (including phenoxy) is 1. The average molecular weight is 239 g/mol. The Morgan fingerprint density at radius 1 is 1.06 bits per heavy atom. The van der Waals surface area contributed by atoms with Crippen molar-refractivity contribution in [2.24, 2.45) is 0 Å². The molecule has 2 nitrogen and oxygen atoms in total. The fourth-order valence-corrected chi connectivity index (χ4v) is 2.34. The zero-order valence-electron chi connectivity index (χ0n) is 10.5. The number of para-hydroxylation sites is 1.